The topological polar surface area (TPSA) is 114 Å². The Morgan fingerprint density at radius 1 is 1.12 bits per heavy atom. The fourth-order valence-corrected chi connectivity index (χ4v) is 4.13. The zero-order chi connectivity index (χ0) is 24.8. The minimum Gasteiger partial charge on any atom is -0.484 e. The lowest BCUT2D eigenvalue weighted by Crippen LogP contribution is -2.49. The molecule has 1 fully saturated rings. The zero-order valence-corrected chi connectivity index (χ0v) is 19.9. The van der Waals surface area contributed by atoms with Gasteiger partial charge in [0.15, 0.2) is 6.61 Å². The van der Waals surface area contributed by atoms with Gasteiger partial charge in [0.1, 0.15) is 5.75 Å². The SMILES string of the molecule is C/C(=N/NC(=O)c1ccc(OCC(=O)N2[C@H](C)CCC[C@@H]2C)cc1)c1ccc(C)c([N+](=O)[O-])c1. The molecule has 1 saturated heterocycles. The molecule has 9 heteroatoms. The zero-order valence-electron chi connectivity index (χ0n) is 19.9. The van der Waals surface area contributed by atoms with Gasteiger partial charge in [-0.3, -0.25) is 19.7 Å². The van der Waals surface area contributed by atoms with Gasteiger partial charge >= 0.3 is 0 Å². The first-order chi connectivity index (χ1) is 16.2. The molecule has 2 aromatic carbocycles. The molecule has 180 valence electrons. The van der Waals surface area contributed by atoms with Crippen molar-refractivity contribution in [3.05, 3.63) is 69.3 Å². The van der Waals surface area contributed by atoms with Crippen LogP contribution in [0.4, 0.5) is 5.69 Å². The number of aryl methyl sites for hydroxylation is 1. The number of hydrazone groups is 1. The van der Waals surface area contributed by atoms with E-state index < -0.39 is 10.8 Å². The number of piperidine rings is 1. The molecule has 1 heterocycles. The van der Waals surface area contributed by atoms with Crippen LogP contribution in [0, 0.1) is 17.0 Å². The first kappa shape index (κ1) is 24.9. The molecule has 0 saturated carbocycles. The fraction of sp³-hybridized carbons (Fsp3) is 0.400. The number of carbonyl (C=O) groups excluding carboxylic acids is 2. The number of nitro benzene ring substituents is 1. The molecule has 1 aliphatic rings. The summed E-state index contributed by atoms with van der Waals surface area (Å²) in [6.07, 6.45) is 3.14. The number of carbonyl (C=O) groups is 2. The Bertz CT molecular complexity index is 1090. The van der Waals surface area contributed by atoms with Crippen molar-refractivity contribution in [3.8, 4) is 5.75 Å². The highest BCUT2D eigenvalue weighted by molar-refractivity contribution is 6.01. The molecule has 34 heavy (non-hydrogen) atoms. The predicted octanol–water partition coefficient (Wildman–Crippen LogP) is 4.23. The van der Waals surface area contributed by atoms with Crippen LogP contribution in [0.25, 0.3) is 0 Å². The van der Waals surface area contributed by atoms with E-state index in [1.807, 2.05) is 4.90 Å². The third-order valence-corrected chi connectivity index (χ3v) is 6.11. The number of rotatable bonds is 7. The molecule has 2 aromatic rings. The first-order valence-electron chi connectivity index (χ1n) is 11.3. The molecule has 1 N–H and O–H groups in total. The number of nitrogens with one attached hydrogen (secondary N) is 1. The number of amides is 2. The number of likely N-dealkylation sites (tertiary alicyclic amines) is 1. The highest BCUT2D eigenvalue weighted by atomic mass is 16.6. The molecule has 0 unspecified atom stereocenters. The third-order valence-electron chi connectivity index (χ3n) is 6.11. The van der Waals surface area contributed by atoms with Gasteiger partial charge in [0.2, 0.25) is 0 Å². The highest BCUT2D eigenvalue weighted by Gasteiger charge is 2.29. The Hall–Kier alpha value is -3.75. The monoisotopic (exact) mass is 466 g/mol. The van der Waals surface area contributed by atoms with Crippen molar-refractivity contribution in [3.63, 3.8) is 0 Å². The molecular formula is C25H30N4O5. The second-order valence-electron chi connectivity index (χ2n) is 8.64. The molecule has 0 aromatic heterocycles. The normalized spacial score (nSPS) is 18.4. The smallest absolute Gasteiger partial charge is 0.272 e. The maximum atomic E-state index is 12.6. The predicted molar refractivity (Wildman–Crippen MR) is 129 cm³/mol. The number of benzene rings is 2. The summed E-state index contributed by atoms with van der Waals surface area (Å²) >= 11 is 0. The summed E-state index contributed by atoms with van der Waals surface area (Å²) in [6, 6.07) is 11.6. The third kappa shape index (κ3) is 5.98. The summed E-state index contributed by atoms with van der Waals surface area (Å²) in [4.78, 5) is 37.6. The van der Waals surface area contributed by atoms with Crippen molar-refractivity contribution in [2.75, 3.05) is 6.61 Å². The van der Waals surface area contributed by atoms with Crippen molar-refractivity contribution in [1.82, 2.24) is 10.3 Å². The van der Waals surface area contributed by atoms with Crippen LogP contribution >= 0.6 is 0 Å². The van der Waals surface area contributed by atoms with Gasteiger partial charge in [-0.2, -0.15) is 5.10 Å². The molecule has 0 radical (unpaired) electrons. The summed E-state index contributed by atoms with van der Waals surface area (Å²) in [5.74, 6) is 0.0242. The maximum absolute atomic E-state index is 12.6. The standard InChI is InChI=1S/C25H30N4O5/c1-16-8-9-21(14-23(16)29(32)33)19(4)26-27-25(31)20-10-12-22(13-11-20)34-15-24(30)28-17(2)6-5-7-18(28)3/h8-14,17-18H,5-7,15H2,1-4H3,(H,27,31)/b26-19-/t17-,18+. The Morgan fingerprint density at radius 3 is 2.35 bits per heavy atom. The second-order valence-corrected chi connectivity index (χ2v) is 8.64. The Morgan fingerprint density at radius 2 is 1.74 bits per heavy atom. The van der Waals surface area contributed by atoms with E-state index in [1.54, 1.807) is 50.2 Å². The first-order valence-corrected chi connectivity index (χ1v) is 11.3. The Labute approximate surface area is 198 Å². The summed E-state index contributed by atoms with van der Waals surface area (Å²) < 4.78 is 5.64. The molecule has 3 rings (SSSR count). The van der Waals surface area contributed by atoms with Gasteiger partial charge in [0.05, 0.1) is 10.6 Å². The quantitative estimate of drug-likeness (QED) is 0.373. The van der Waals surface area contributed by atoms with Crippen molar-refractivity contribution >= 4 is 23.2 Å². The summed E-state index contributed by atoms with van der Waals surface area (Å²) in [5.41, 5.74) is 4.36. The van der Waals surface area contributed by atoms with E-state index in [9.17, 15) is 19.7 Å². The lowest BCUT2D eigenvalue weighted by Gasteiger charge is -2.38. The molecule has 2 amide bonds. The molecular weight excluding hydrogens is 436 g/mol. The lowest BCUT2D eigenvalue weighted by molar-refractivity contribution is -0.385. The van der Waals surface area contributed by atoms with Crippen LogP contribution < -0.4 is 10.2 Å². The van der Waals surface area contributed by atoms with E-state index in [1.165, 1.54) is 6.07 Å². The molecule has 1 aliphatic heterocycles. The van der Waals surface area contributed by atoms with E-state index in [0.717, 1.165) is 19.3 Å². The Balaban J connectivity index is 1.57. The van der Waals surface area contributed by atoms with Gasteiger partial charge < -0.3 is 9.64 Å². The minimum absolute atomic E-state index is 0.00310. The van der Waals surface area contributed by atoms with Crippen molar-refractivity contribution in [2.24, 2.45) is 5.10 Å². The molecule has 2 atom stereocenters. The number of nitrogens with zero attached hydrogens (tertiary/aromatic N) is 3. The number of nitro groups is 1. The van der Waals surface area contributed by atoms with E-state index in [0.29, 0.717) is 28.2 Å². The van der Waals surface area contributed by atoms with E-state index >= 15 is 0 Å². The van der Waals surface area contributed by atoms with Gasteiger partial charge in [0.25, 0.3) is 17.5 Å². The van der Waals surface area contributed by atoms with Crippen LogP contribution in [-0.2, 0) is 4.79 Å². The van der Waals surface area contributed by atoms with E-state index in [4.69, 9.17) is 4.74 Å². The van der Waals surface area contributed by atoms with Crippen LogP contribution in [0.3, 0.4) is 0 Å². The largest absolute Gasteiger partial charge is 0.484 e. The molecule has 0 aliphatic carbocycles. The van der Waals surface area contributed by atoms with E-state index in [-0.39, 0.29) is 30.3 Å². The lowest BCUT2D eigenvalue weighted by atomic mass is 9.97. The average Bonchev–Trinajstić information content (AvgIpc) is 2.81. The van der Waals surface area contributed by atoms with Gasteiger partial charge in [-0.25, -0.2) is 5.43 Å². The maximum Gasteiger partial charge on any atom is 0.272 e. The summed E-state index contributed by atoms with van der Waals surface area (Å²) in [7, 11) is 0. The van der Waals surface area contributed by atoms with Gasteiger partial charge in [-0.05, 0) is 71.2 Å². The minimum atomic E-state index is -0.449. The Kier molecular flexibility index (Phi) is 7.99. The second kappa shape index (κ2) is 10.9. The number of ether oxygens (including phenoxy) is 1. The van der Waals surface area contributed by atoms with Crippen molar-refractivity contribution in [1.29, 1.82) is 0 Å². The van der Waals surface area contributed by atoms with Crippen LogP contribution in [0.1, 0.15) is 61.5 Å². The van der Waals surface area contributed by atoms with Crippen LogP contribution in [-0.4, -0.2) is 46.0 Å². The van der Waals surface area contributed by atoms with Crippen LogP contribution in [0.5, 0.6) is 5.75 Å². The molecule has 9 nitrogen and oxygen atoms in total. The number of hydrogen-bond donors (Lipinski definition) is 1. The van der Waals surface area contributed by atoms with Crippen molar-refractivity contribution in [2.45, 2.75) is 59.0 Å². The van der Waals surface area contributed by atoms with Crippen LogP contribution in [0.15, 0.2) is 47.6 Å². The summed E-state index contributed by atoms with van der Waals surface area (Å²) in [6.45, 7) is 7.39. The number of hydrogen-bond acceptors (Lipinski definition) is 6. The summed E-state index contributed by atoms with van der Waals surface area (Å²) in [5, 5.41) is 15.2. The van der Waals surface area contributed by atoms with Crippen LogP contribution in [0.2, 0.25) is 0 Å². The van der Waals surface area contributed by atoms with Gasteiger partial charge in [0, 0.05) is 34.8 Å². The molecule has 0 spiro atoms. The fourth-order valence-electron chi connectivity index (χ4n) is 4.13. The van der Waals surface area contributed by atoms with Gasteiger partial charge in [-0.15, -0.1) is 0 Å². The van der Waals surface area contributed by atoms with E-state index in [2.05, 4.69) is 24.4 Å². The average molecular weight is 467 g/mol. The van der Waals surface area contributed by atoms with Crippen molar-refractivity contribution < 1.29 is 19.2 Å². The molecule has 0 bridgehead atoms. The van der Waals surface area contributed by atoms with Gasteiger partial charge in [-0.1, -0.05) is 12.1 Å². The highest BCUT2D eigenvalue weighted by Crippen LogP contribution is 2.23.